The van der Waals surface area contributed by atoms with E-state index >= 15 is 0 Å². The molecule has 1 aliphatic rings. The van der Waals surface area contributed by atoms with Crippen molar-refractivity contribution >= 4 is 11.7 Å². The summed E-state index contributed by atoms with van der Waals surface area (Å²) < 4.78 is 18.9. The van der Waals surface area contributed by atoms with Gasteiger partial charge >= 0.3 is 0 Å². The van der Waals surface area contributed by atoms with Crippen LogP contribution in [0.3, 0.4) is 0 Å². The monoisotopic (exact) mass is 237 g/mol. The first-order valence-electron chi connectivity index (χ1n) is 5.34. The molecule has 17 heavy (non-hydrogen) atoms. The highest BCUT2D eigenvalue weighted by Gasteiger charge is 2.23. The Morgan fingerprint density at radius 3 is 2.76 bits per heavy atom. The number of hydrogen-bond donors (Lipinski definition) is 1. The van der Waals surface area contributed by atoms with Crippen LogP contribution in [0.4, 0.5) is 4.39 Å². The molecule has 0 aromatic heterocycles. The molecule has 0 spiro atoms. The van der Waals surface area contributed by atoms with Crippen molar-refractivity contribution < 1.29 is 18.7 Å². The smallest absolute Gasteiger partial charge is 0.251 e. The lowest BCUT2D eigenvalue weighted by atomic mass is 10.2. The fourth-order valence-corrected chi connectivity index (χ4v) is 1.84. The van der Waals surface area contributed by atoms with Gasteiger partial charge in [-0.1, -0.05) is 0 Å². The largest absolute Gasteiger partial charge is 0.490 e. The molecule has 1 saturated carbocycles. The number of hydrogen-bond acceptors (Lipinski definition) is 3. The van der Waals surface area contributed by atoms with E-state index in [-0.39, 0.29) is 17.5 Å². The summed E-state index contributed by atoms with van der Waals surface area (Å²) in [4.78, 5) is 21.9. The van der Waals surface area contributed by atoms with E-state index in [1.54, 1.807) is 0 Å². The van der Waals surface area contributed by atoms with Gasteiger partial charge in [0, 0.05) is 18.9 Å². The number of Topliss-reactive ketones (excluding diaryl/α,β-unsaturated/α-hetero) is 1. The van der Waals surface area contributed by atoms with Gasteiger partial charge < -0.3 is 10.5 Å². The third kappa shape index (κ3) is 2.61. The lowest BCUT2D eigenvalue weighted by molar-refractivity contribution is -0.117. The minimum Gasteiger partial charge on any atom is -0.490 e. The van der Waals surface area contributed by atoms with Crippen molar-refractivity contribution in [3.05, 3.63) is 29.6 Å². The minimum atomic E-state index is -0.815. The zero-order valence-corrected chi connectivity index (χ0v) is 9.11. The van der Waals surface area contributed by atoms with E-state index in [4.69, 9.17) is 10.5 Å². The molecule has 90 valence electrons. The third-order valence-electron chi connectivity index (χ3n) is 2.71. The number of amides is 1. The van der Waals surface area contributed by atoms with Crippen LogP contribution in [0, 0.1) is 5.82 Å². The maximum Gasteiger partial charge on any atom is 0.251 e. The van der Waals surface area contributed by atoms with E-state index in [1.165, 1.54) is 12.1 Å². The second-order valence-electron chi connectivity index (χ2n) is 4.03. The van der Waals surface area contributed by atoms with Crippen molar-refractivity contribution in [3.63, 3.8) is 0 Å². The van der Waals surface area contributed by atoms with Crippen molar-refractivity contribution in [2.75, 3.05) is 0 Å². The van der Waals surface area contributed by atoms with E-state index in [0.29, 0.717) is 25.0 Å². The molecule has 0 heterocycles. The molecule has 1 unspecified atom stereocenters. The summed E-state index contributed by atoms with van der Waals surface area (Å²) in [5, 5.41) is 0. The first-order chi connectivity index (χ1) is 8.06. The number of carbonyl (C=O) groups is 2. The number of benzene rings is 1. The average Bonchev–Trinajstić information content (AvgIpc) is 2.63. The van der Waals surface area contributed by atoms with Crippen LogP contribution in [-0.4, -0.2) is 17.8 Å². The summed E-state index contributed by atoms with van der Waals surface area (Å²) >= 11 is 0. The fourth-order valence-electron chi connectivity index (χ4n) is 1.84. The lowest BCUT2D eigenvalue weighted by Crippen LogP contribution is -2.15. The van der Waals surface area contributed by atoms with Crippen LogP contribution < -0.4 is 10.5 Å². The molecule has 0 aliphatic heterocycles. The number of rotatable bonds is 3. The summed E-state index contributed by atoms with van der Waals surface area (Å²) in [6.07, 6.45) is 1.32. The predicted octanol–water partition coefficient (Wildman–Crippen LogP) is 1.43. The molecule has 1 aromatic rings. The molecule has 4 nitrogen and oxygen atoms in total. The van der Waals surface area contributed by atoms with Crippen LogP contribution in [0.25, 0.3) is 0 Å². The van der Waals surface area contributed by atoms with Gasteiger partial charge in [0.25, 0.3) is 5.91 Å². The standard InChI is InChI=1S/C12H12FNO3/c13-11-6-9(3-4-10(11)12(14)16)17-8-2-1-7(15)5-8/h3-4,6,8H,1-2,5H2,(H2,14,16). The van der Waals surface area contributed by atoms with Crippen molar-refractivity contribution in [3.8, 4) is 5.75 Å². The molecule has 0 bridgehead atoms. The summed E-state index contributed by atoms with van der Waals surface area (Å²) in [6.45, 7) is 0. The number of nitrogens with two attached hydrogens (primary N) is 1. The Labute approximate surface area is 97.6 Å². The Balaban J connectivity index is 2.10. The van der Waals surface area contributed by atoms with E-state index < -0.39 is 11.7 Å². The lowest BCUT2D eigenvalue weighted by Gasteiger charge is -2.12. The highest BCUT2D eigenvalue weighted by Crippen LogP contribution is 2.23. The van der Waals surface area contributed by atoms with Crippen LogP contribution in [0.1, 0.15) is 29.6 Å². The zero-order chi connectivity index (χ0) is 12.4. The minimum absolute atomic E-state index is 0.157. The number of ketones is 1. The number of halogens is 1. The molecule has 1 atom stereocenters. The molecule has 1 aliphatic carbocycles. The van der Waals surface area contributed by atoms with Crippen LogP contribution in [0.2, 0.25) is 0 Å². The number of primary amides is 1. The highest BCUT2D eigenvalue weighted by molar-refractivity contribution is 5.93. The first kappa shape index (κ1) is 11.6. The summed E-state index contributed by atoms with van der Waals surface area (Å²) in [6, 6.07) is 3.87. The van der Waals surface area contributed by atoms with Crippen molar-refractivity contribution in [2.24, 2.45) is 5.73 Å². The zero-order valence-electron chi connectivity index (χ0n) is 9.11. The van der Waals surface area contributed by atoms with Gasteiger partial charge in [0.15, 0.2) is 0 Å². The maximum absolute atomic E-state index is 13.4. The molecule has 2 rings (SSSR count). The van der Waals surface area contributed by atoms with E-state index in [2.05, 4.69) is 0 Å². The van der Waals surface area contributed by atoms with Gasteiger partial charge in [0.2, 0.25) is 0 Å². The molecular weight excluding hydrogens is 225 g/mol. The summed E-state index contributed by atoms with van der Waals surface area (Å²) in [5.74, 6) is -1.05. The molecule has 1 amide bonds. The van der Waals surface area contributed by atoms with Crippen LogP contribution in [-0.2, 0) is 4.79 Å². The quantitative estimate of drug-likeness (QED) is 0.864. The third-order valence-corrected chi connectivity index (χ3v) is 2.71. The van der Waals surface area contributed by atoms with E-state index in [9.17, 15) is 14.0 Å². The van der Waals surface area contributed by atoms with Crippen molar-refractivity contribution in [1.82, 2.24) is 0 Å². The van der Waals surface area contributed by atoms with Gasteiger partial charge in [0.1, 0.15) is 23.5 Å². The van der Waals surface area contributed by atoms with Crippen LogP contribution in [0.5, 0.6) is 5.75 Å². The maximum atomic E-state index is 13.4. The molecule has 0 saturated heterocycles. The fraction of sp³-hybridized carbons (Fsp3) is 0.333. The average molecular weight is 237 g/mol. The van der Waals surface area contributed by atoms with Gasteiger partial charge in [-0.15, -0.1) is 0 Å². The van der Waals surface area contributed by atoms with Gasteiger partial charge in [-0.3, -0.25) is 9.59 Å². The van der Waals surface area contributed by atoms with E-state index in [0.717, 1.165) is 6.07 Å². The summed E-state index contributed by atoms with van der Waals surface area (Å²) in [7, 11) is 0. The normalized spacial score (nSPS) is 19.4. The molecule has 1 fully saturated rings. The Hall–Kier alpha value is -1.91. The number of ether oxygens (including phenoxy) is 1. The highest BCUT2D eigenvalue weighted by atomic mass is 19.1. The first-order valence-corrected chi connectivity index (χ1v) is 5.34. The van der Waals surface area contributed by atoms with Gasteiger partial charge in [-0.25, -0.2) is 4.39 Å². The Morgan fingerprint density at radius 2 is 2.24 bits per heavy atom. The molecule has 1 aromatic carbocycles. The topological polar surface area (TPSA) is 69.4 Å². The van der Waals surface area contributed by atoms with Gasteiger partial charge in [-0.05, 0) is 18.6 Å². The molecular formula is C12H12FNO3. The van der Waals surface area contributed by atoms with E-state index in [1.807, 2.05) is 0 Å². The molecule has 5 heteroatoms. The second-order valence-corrected chi connectivity index (χ2v) is 4.03. The number of carbonyl (C=O) groups excluding carboxylic acids is 2. The summed E-state index contributed by atoms with van der Waals surface area (Å²) in [5.41, 5.74) is 4.82. The van der Waals surface area contributed by atoms with Gasteiger partial charge in [-0.2, -0.15) is 0 Å². The Kier molecular flexibility index (Phi) is 3.08. The van der Waals surface area contributed by atoms with Crippen molar-refractivity contribution in [2.45, 2.75) is 25.4 Å². The predicted molar refractivity (Wildman–Crippen MR) is 58.2 cm³/mol. The van der Waals surface area contributed by atoms with Crippen molar-refractivity contribution in [1.29, 1.82) is 0 Å². The SMILES string of the molecule is NC(=O)c1ccc(OC2CCC(=O)C2)cc1F. The Morgan fingerprint density at radius 1 is 1.47 bits per heavy atom. The second kappa shape index (κ2) is 4.53. The van der Waals surface area contributed by atoms with Crippen LogP contribution in [0.15, 0.2) is 18.2 Å². The Bertz CT molecular complexity index is 473. The van der Waals surface area contributed by atoms with Crippen LogP contribution >= 0.6 is 0 Å². The molecule has 2 N–H and O–H groups in total. The molecule has 0 radical (unpaired) electrons. The van der Waals surface area contributed by atoms with Gasteiger partial charge in [0.05, 0.1) is 5.56 Å².